The van der Waals surface area contributed by atoms with E-state index in [0.717, 1.165) is 12.0 Å². The predicted octanol–water partition coefficient (Wildman–Crippen LogP) is 3.25. The minimum Gasteiger partial charge on any atom is -0.382 e. The highest BCUT2D eigenvalue weighted by Crippen LogP contribution is 2.23. The summed E-state index contributed by atoms with van der Waals surface area (Å²) < 4.78 is 31.8. The number of nitrogens with one attached hydrogen (secondary N) is 1. The number of nitrogens with zero attached hydrogens (tertiary/aromatic N) is 1. The van der Waals surface area contributed by atoms with Crippen LogP contribution >= 0.6 is 11.6 Å². The van der Waals surface area contributed by atoms with Crippen LogP contribution in [-0.4, -0.2) is 41.1 Å². The molecule has 0 radical (unpaired) electrons. The van der Waals surface area contributed by atoms with E-state index in [9.17, 15) is 13.2 Å². The Morgan fingerprint density at radius 1 is 1.11 bits per heavy atom. The van der Waals surface area contributed by atoms with Gasteiger partial charge in [-0.05, 0) is 55.3 Å². The maximum Gasteiger partial charge on any atom is 0.264 e. The standard InChI is InChI=1S/C20H25ClN2O4S/c1-3-27-14-4-13-22-20(24)15-16-5-9-18(10-6-16)23(2)28(25,26)19-11-7-17(21)8-12-19/h5-12H,3-4,13-15H2,1-2H3,(H,22,24). The van der Waals surface area contributed by atoms with Gasteiger partial charge in [-0.3, -0.25) is 9.10 Å². The Bertz CT molecular complexity index is 868. The second-order valence-corrected chi connectivity index (χ2v) is 8.58. The van der Waals surface area contributed by atoms with Gasteiger partial charge in [0.25, 0.3) is 10.0 Å². The van der Waals surface area contributed by atoms with Gasteiger partial charge < -0.3 is 10.1 Å². The highest BCUT2D eigenvalue weighted by molar-refractivity contribution is 7.92. The van der Waals surface area contributed by atoms with E-state index in [1.54, 1.807) is 36.4 Å². The topological polar surface area (TPSA) is 75.7 Å². The van der Waals surface area contributed by atoms with E-state index >= 15 is 0 Å². The summed E-state index contributed by atoms with van der Waals surface area (Å²) in [6.07, 6.45) is 1.01. The molecule has 2 aromatic rings. The lowest BCUT2D eigenvalue weighted by Gasteiger charge is -2.20. The third-order valence-corrected chi connectivity index (χ3v) is 6.18. The van der Waals surface area contributed by atoms with Crippen LogP contribution in [0.1, 0.15) is 18.9 Å². The fourth-order valence-electron chi connectivity index (χ4n) is 2.52. The molecule has 152 valence electrons. The Balaban J connectivity index is 1.96. The fraction of sp³-hybridized carbons (Fsp3) is 0.350. The molecule has 28 heavy (non-hydrogen) atoms. The Morgan fingerprint density at radius 3 is 2.36 bits per heavy atom. The zero-order valence-corrected chi connectivity index (χ0v) is 17.6. The van der Waals surface area contributed by atoms with Gasteiger partial charge >= 0.3 is 0 Å². The minimum atomic E-state index is -3.68. The number of rotatable bonds is 10. The average molecular weight is 425 g/mol. The van der Waals surface area contributed by atoms with Crippen LogP contribution in [0.15, 0.2) is 53.4 Å². The molecule has 6 nitrogen and oxygen atoms in total. The first-order chi connectivity index (χ1) is 13.3. The van der Waals surface area contributed by atoms with Crippen LogP contribution in [0, 0.1) is 0 Å². The quantitative estimate of drug-likeness (QED) is 0.594. The van der Waals surface area contributed by atoms with E-state index < -0.39 is 10.0 Å². The number of hydrogen-bond acceptors (Lipinski definition) is 4. The van der Waals surface area contributed by atoms with Gasteiger partial charge in [0, 0.05) is 31.8 Å². The van der Waals surface area contributed by atoms with Gasteiger partial charge in [-0.25, -0.2) is 8.42 Å². The monoisotopic (exact) mass is 424 g/mol. The van der Waals surface area contributed by atoms with Crippen LogP contribution in [-0.2, 0) is 26.0 Å². The molecule has 0 saturated carbocycles. The zero-order valence-electron chi connectivity index (χ0n) is 16.0. The van der Waals surface area contributed by atoms with E-state index in [1.165, 1.54) is 23.5 Å². The summed E-state index contributed by atoms with van der Waals surface area (Å²) in [5.74, 6) is -0.0774. The lowest BCUT2D eigenvalue weighted by atomic mass is 10.1. The highest BCUT2D eigenvalue weighted by Gasteiger charge is 2.21. The summed E-state index contributed by atoms with van der Waals surface area (Å²) >= 11 is 5.82. The molecule has 0 bridgehead atoms. The molecular formula is C20H25ClN2O4S. The molecule has 1 N–H and O–H groups in total. The van der Waals surface area contributed by atoms with E-state index in [2.05, 4.69) is 5.32 Å². The van der Waals surface area contributed by atoms with Crippen molar-refractivity contribution >= 4 is 33.2 Å². The van der Waals surface area contributed by atoms with Gasteiger partial charge in [-0.15, -0.1) is 0 Å². The molecule has 1 amide bonds. The number of benzene rings is 2. The van der Waals surface area contributed by atoms with Crippen LogP contribution in [0.25, 0.3) is 0 Å². The zero-order chi connectivity index (χ0) is 20.6. The Hall–Kier alpha value is -2.09. The van der Waals surface area contributed by atoms with Crippen molar-refractivity contribution in [2.24, 2.45) is 0 Å². The summed E-state index contributed by atoms with van der Waals surface area (Å²) in [4.78, 5) is 12.1. The summed E-state index contributed by atoms with van der Waals surface area (Å²) in [7, 11) is -2.19. The van der Waals surface area contributed by atoms with Crippen molar-refractivity contribution in [3.63, 3.8) is 0 Å². The molecular weight excluding hydrogens is 400 g/mol. The van der Waals surface area contributed by atoms with Crippen LogP contribution < -0.4 is 9.62 Å². The van der Waals surface area contributed by atoms with Crippen LogP contribution in [0.2, 0.25) is 5.02 Å². The Labute approximate surface area is 171 Å². The Morgan fingerprint density at radius 2 is 1.75 bits per heavy atom. The van der Waals surface area contributed by atoms with E-state index in [0.29, 0.717) is 30.5 Å². The summed E-state index contributed by atoms with van der Waals surface area (Å²) in [5, 5.41) is 3.32. The van der Waals surface area contributed by atoms with Gasteiger partial charge in [-0.1, -0.05) is 23.7 Å². The lowest BCUT2D eigenvalue weighted by molar-refractivity contribution is -0.120. The normalized spacial score (nSPS) is 11.2. The number of carbonyl (C=O) groups is 1. The van der Waals surface area contributed by atoms with E-state index in [-0.39, 0.29) is 17.2 Å². The molecule has 2 rings (SSSR count). The molecule has 0 spiro atoms. The maximum atomic E-state index is 12.7. The van der Waals surface area contributed by atoms with Gasteiger partial charge in [0.1, 0.15) is 0 Å². The molecule has 0 fully saturated rings. The number of amides is 1. The predicted molar refractivity (Wildman–Crippen MR) is 111 cm³/mol. The smallest absolute Gasteiger partial charge is 0.264 e. The van der Waals surface area contributed by atoms with Gasteiger partial charge in [0.2, 0.25) is 5.91 Å². The van der Waals surface area contributed by atoms with Gasteiger partial charge in [-0.2, -0.15) is 0 Å². The van der Waals surface area contributed by atoms with E-state index in [1.807, 2.05) is 6.92 Å². The lowest BCUT2D eigenvalue weighted by Crippen LogP contribution is -2.27. The molecule has 0 heterocycles. The van der Waals surface area contributed by atoms with Crippen molar-refractivity contribution in [1.82, 2.24) is 5.32 Å². The van der Waals surface area contributed by atoms with Crippen LogP contribution in [0.4, 0.5) is 5.69 Å². The first kappa shape index (κ1) is 22.2. The minimum absolute atomic E-state index is 0.0774. The first-order valence-corrected chi connectivity index (χ1v) is 10.8. The summed E-state index contributed by atoms with van der Waals surface area (Å²) in [6.45, 7) is 3.79. The van der Waals surface area contributed by atoms with Crippen molar-refractivity contribution in [3.05, 3.63) is 59.1 Å². The van der Waals surface area contributed by atoms with Crippen LogP contribution in [0.5, 0.6) is 0 Å². The molecule has 8 heteroatoms. The number of hydrogen-bond donors (Lipinski definition) is 1. The summed E-state index contributed by atoms with van der Waals surface area (Å²) in [6, 6.07) is 12.9. The van der Waals surface area contributed by atoms with Crippen molar-refractivity contribution in [2.75, 3.05) is 31.1 Å². The van der Waals surface area contributed by atoms with Gasteiger partial charge in [0.15, 0.2) is 0 Å². The second kappa shape index (κ2) is 10.5. The Kier molecular flexibility index (Phi) is 8.29. The number of sulfonamides is 1. The highest BCUT2D eigenvalue weighted by atomic mass is 35.5. The third-order valence-electron chi connectivity index (χ3n) is 4.13. The molecule has 2 aromatic carbocycles. The number of halogens is 1. The molecule has 0 aromatic heterocycles. The largest absolute Gasteiger partial charge is 0.382 e. The van der Waals surface area contributed by atoms with Gasteiger partial charge in [0.05, 0.1) is 17.0 Å². The molecule has 0 aliphatic carbocycles. The maximum absolute atomic E-state index is 12.7. The first-order valence-electron chi connectivity index (χ1n) is 9.02. The van der Waals surface area contributed by atoms with Crippen LogP contribution in [0.3, 0.4) is 0 Å². The molecule has 0 unspecified atom stereocenters. The van der Waals surface area contributed by atoms with Crippen molar-refractivity contribution in [3.8, 4) is 0 Å². The summed E-state index contributed by atoms with van der Waals surface area (Å²) in [5.41, 5.74) is 1.32. The number of anilines is 1. The number of carbonyl (C=O) groups excluding carboxylic acids is 1. The van der Waals surface area contributed by atoms with Crippen molar-refractivity contribution in [2.45, 2.75) is 24.7 Å². The average Bonchev–Trinajstić information content (AvgIpc) is 2.68. The molecule has 0 aliphatic heterocycles. The molecule has 0 saturated heterocycles. The number of ether oxygens (including phenoxy) is 1. The second-order valence-electron chi connectivity index (χ2n) is 6.17. The SMILES string of the molecule is CCOCCCNC(=O)Cc1ccc(N(C)S(=O)(=O)c2ccc(Cl)cc2)cc1. The molecule has 0 atom stereocenters. The van der Waals surface area contributed by atoms with Crippen molar-refractivity contribution < 1.29 is 17.9 Å². The fourth-order valence-corrected chi connectivity index (χ4v) is 3.84. The van der Waals surface area contributed by atoms with E-state index in [4.69, 9.17) is 16.3 Å². The third kappa shape index (κ3) is 6.22. The van der Waals surface area contributed by atoms with Crippen molar-refractivity contribution in [1.29, 1.82) is 0 Å². The molecule has 0 aliphatic rings.